The maximum Gasteiger partial charge on any atom is 0.0708 e. The molecule has 3 heteroatoms. The summed E-state index contributed by atoms with van der Waals surface area (Å²) in [4.78, 5) is 2.71. The number of rotatable bonds is 3. The smallest absolute Gasteiger partial charge is 0.0708 e. The summed E-state index contributed by atoms with van der Waals surface area (Å²) in [5.41, 5.74) is 0.307. The van der Waals surface area contributed by atoms with Crippen molar-refractivity contribution in [1.82, 2.24) is 10.2 Å². The molecule has 1 saturated carbocycles. The zero-order valence-corrected chi connectivity index (χ0v) is 12.8. The lowest BCUT2D eigenvalue weighted by Gasteiger charge is -2.35. The number of piperidine rings is 1. The summed E-state index contributed by atoms with van der Waals surface area (Å²) in [6.07, 6.45) is 14.1. The van der Waals surface area contributed by atoms with Crippen LogP contribution in [0.25, 0.3) is 0 Å². The number of nitrogens with one attached hydrogen (secondary N) is 1. The Bertz CT molecular complexity index is 336. The second-order valence-electron chi connectivity index (χ2n) is 7.63. The van der Waals surface area contributed by atoms with E-state index in [1.54, 1.807) is 0 Å². The summed E-state index contributed by atoms with van der Waals surface area (Å²) in [6, 6.07) is 1.63. The van der Waals surface area contributed by atoms with Crippen LogP contribution in [0.5, 0.6) is 0 Å². The van der Waals surface area contributed by atoms with Gasteiger partial charge in [-0.1, -0.05) is 12.8 Å². The summed E-state index contributed by atoms with van der Waals surface area (Å²) in [5, 5.41) is 3.83. The predicted octanol–water partition coefficient (Wildman–Crippen LogP) is 2.69. The third kappa shape index (κ3) is 2.65. The maximum absolute atomic E-state index is 6.41. The van der Waals surface area contributed by atoms with Gasteiger partial charge in [0, 0.05) is 18.6 Å². The van der Waals surface area contributed by atoms with E-state index in [1.807, 2.05) is 0 Å². The fraction of sp³-hybridized carbons (Fsp3) is 1.00. The van der Waals surface area contributed by atoms with Crippen molar-refractivity contribution in [3.8, 4) is 0 Å². The molecule has 0 aromatic heterocycles. The van der Waals surface area contributed by atoms with Crippen molar-refractivity contribution < 1.29 is 4.74 Å². The number of hydrogen-bond acceptors (Lipinski definition) is 3. The summed E-state index contributed by atoms with van der Waals surface area (Å²) >= 11 is 0. The molecule has 4 aliphatic rings. The van der Waals surface area contributed by atoms with Crippen LogP contribution >= 0.6 is 0 Å². The molecule has 4 fully saturated rings. The molecule has 0 amide bonds. The highest BCUT2D eigenvalue weighted by molar-refractivity contribution is 4.94. The highest BCUT2D eigenvalue weighted by atomic mass is 16.5. The van der Waals surface area contributed by atoms with Crippen LogP contribution in [0.2, 0.25) is 0 Å². The largest absolute Gasteiger partial charge is 0.370 e. The molecule has 0 bridgehead atoms. The Balaban J connectivity index is 1.23. The second-order valence-corrected chi connectivity index (χ2v) is 7.63. The quantitative estimate of drug-likeness (QED) is 0.859. The number of fused-ring (bicyclic) bond motifs is 1. The minimum absolute atomic E-state index is 0.307. The van der Waals surface area contributed by atoms with Crippen molar-refractivity contribution in [3.63, 3.8) is 0 Å². The Labute approximate surface area is 123 Å². The van der Waals surface area contributed by atoms with Crippen LogP contribution in [-0.2, 0) is 4.74 Å². The van der Waals surface area contributed by atoms with Gasteiger partial charge >= 0.3 is 0 Å². The molecule has 3 unspecified atom stereocenters. The molecule has 3 saturated heterocycles. The molecule has 3 heterocycles. The Kier molecular flexibility index (Phi) is 3.78. The van der Waals surface area contributed by atoms with Gasteiger partial charge in [-0.2, -0.15) is 0 Å². The summed E-state index contributed by atoms with van der Waals surface area (Å²) in [7, 11) is 0. The van der Waals surface area contributed by atoms with Crippen molar-refractivity contribution in [2.45, 2.75) is 88.0 Å². The molecular weight excluding hydrogens is 248 g/mol. The first-order valence-corrected chi connectivity index (χ1v) is 8.98. The van der Waals surface area contributed by atoms with E-state index in [2.05, 4.69) is 10.2 Å². The van der Waals surface area contributed by atoms with Crippen LogP contribution < -0.4 is 5.32 Å². The van der Waals surface area contributed by atoms with E-state index in [-0.39, 0.29) is 0 Å². The van der Waals surface area contributed by atoms with Crippen LogP contribution in [0.15, 0.2) is 0 Å². The van der Waals surface area contributed by atoms with Crippen LogP contribution in [0.4, 0.5) is 0 Å². The molecule has 3 nitrogen and oxygen atoms in total. The lowest BCUT2D eigenvalue weighted by atomic mass is 9.97. The van der Waals surface area contributed by atoms with Gasteiger partial charge in [-0.15, -0.1) is 0 Å². The molecule has 0 radical (unpaired) electrons. The SMILES string of the molecule is C1CC2CC(NCC3CCC4(CCCC4)O3)CCN2C1. The fourth-order valence-corrected chi connectivity index (χ4v) is 5.13. The van der Waals surface area contributed by atoms with Gasteiger partial charge in [0.05, 0.1) is 11.7 Å². The topological polar surface area (TPSA) is 24.5 Å². The third-order valence-electron chi connectivity index (χ3n) is 6.31. The van der Waals surface area contributed by atoms with Gasteiger partial charge < -0.3 is 15.0 Å². The molecule has 3 atom stereocenters. The third-order valence-corrected chi connectivity index (χ3v) is 6.31. The predicted molar refractivity (Wildman–Crippen MR) is 80.9 cm³/mol. The average molecular weight is 278 g/mol. The molecular formula is C17H30N2O. The molecule has 1 N–H and O–H groups in total. The zero-order valence-electron chi connectivity index (χ0n) is 12.8. The van der Waals surface area contributed by atoms with Crippen molar-refractivity contribution >= 4 is 0 Å². The zero-order chi connectivity index (χ0) is 13.4. The molecule has 4 rings (SSSR count). The van der Waals surface area contributed by atoms with E-state index < -0.39 is 0 Å². The van der Waals surface area contributed by atoms with Crippen LogP contribution in [-0.4, -0.2) is 48.3 Å². The minimum atomic E-state index is 0.307. The van der Waals surface area contributed by atoms with Crippen LogP contribution in [0.1, 0.15) is 64.2 Å². The minimum Gasteiger partial charge on any atom is -0.370 e. The Hall–Kier alpha value is -0.120. The van der Waals surface area contributed by atoms with E-state index >= 15 is 0 Å². The van der Waals surface area contributed by atoms with E-state index in [0.717, 1.165) is 18.6 Å². The van der Waals surface area contributed by atoms with E-state index in [4.69, 9.17) is 4.74 Å². The molecule has 1 spiro atoms. The first-order chi connectivity index (χ1) is 9.83. The van der Waals surface area contributed by atoms with Gasteiger partial charge in [0.1, 0.15) is 0 Å². The molecule has 1 aliphatic carbocycles. The van der Waals surface area contributed by atoms with Crippen LogP contribution in [0.3, 0.4) is 0 Å². The highest BCUT2D eigenvalue weighted by Crippen LogP contribution is 2.43. The van der Waals surface area contributed by atoms with Gasteiger partial charge in [0.2, 0.25) is 0 Å². The Morgan fingerprint density at radius 2 is 1.90 bits per heavy atom. The van der Waals surface area contributed by atoms with Crippen molar-refractivity contribution in [2.75, 3.05) is 19.6 Å². The second kappa shape index (κ2) is 5.58. The molecule has 3 aliphatic heterocycles. The molecule has 114 valence electrons. The lowest BCUT2D eigenvalue weighted by molar-refractivity contribution is -0.0366. The number of ether oxygens (including phenoxy) is 1. The van der Waals surface area contributed by atoms with E-state index in [1.165, 1.54) is 77.3 Å². The summed E-state index contributed by atoms with van der Waals surface area (Å²) < 4.78 is 6.41. The lowest BCUT2D eigenvalue weighted by Crippen LogP contribution is -2.47. The maximum atomic E-state index is 6.41. The van der Waals surface area contributed by atoms with Gasteiger partial charge in [0.15, 0.2) is 0 Å². The Morgan fingerprint density at radius 3 is 2.80 bits per heavy atom. The highest BCUT2D eigenvalue weighted by Gasteiger charge is 2.42. The normalized spacial score (nSPS) is 40.5. The fourth-order valence-electron chi connectivity index (χ4n) is 5.13. The van der Waals surface area contributed by atoms with E-state index in [9.17, 15) is 0 Å². The van der Waals surface area contributed by atoms with Crippen LogP contribution in [0, 0.1) is 0 Å². The molecule has 0 aromatic rings. The standard InChI is InChI=1S/C17H30N2O/c1-2-8-17(7-1)9-5-16(20-17)13-18-14-6-11-19-10-3-4-15(19)12-14/h14-16,18H,1-13H2. The number of hydrogen-bond donors (Lipinski definition) is 1. The van der Waals surface area contributed by atoms with Gasteiger partial charge in [-0.05, 0) is 64.5 Å². The first kappa shape index (κ1) is 13.5. The monoisotopic (exact) mass is 278 g/mol. The average Bonchev–Trinajstić information content (AvgIpc) is 3.19. The number of nitrogens with zero attached hydrogens (tertiary/aromatic N) is 1. The van der Waals surface area contributed by atoms with Gasteiger partial charge in [0.25, 0.3) is 0 Å². The molecule has 20 heavy (non-hydrogen) atoms. The Morgan fingerprint density at radius 1 is 1.00 bits per heavy atom. The van der Waals surface area contributed by atoms with Gasteiger partial charge in [-0.3, -0.25) is 0 Å². The first-order valence-electron chi connectivity index (χ1n) is 8.98. The summed E-state index contributed by atoms with van der Waals surface area (Å²) in [6.45, 7) is 3.77. The van der Waals surface area contributed by atoms with Crippen molar-refractivity contribution in [1.29, 1.82) is 0 Å². The van der Waals surface area contributed by atoms with E-state index in [0.29, 0.717) is 11.7 Å². The van der Waals surface area contributed by atoms with Crippen molar-refractivity contribution in [2.24, 2.45) is 0 Å². The van der Waals surface area contributed by atoms with Crippen molar-refractivity contribution in [3.05, 3.63) is 0 Å². The van der Waals surface area contributed by atoms with Gasteiger partial charge in [-0.25, -0.2) is 0 Å². The molecule has 0 aromatic carbocycles. The summed E-state index contributed by atoms with van der Waals surface area (Å²) in [5.74, 6) is 0.